The average molecular weight is 255 g/mol. The van der Waals surface area contributed by atoms with Crippen molar-refractivity contribution in [2.24, 2.45) is 0 Å². The van der Waals surface area contributed by atoms with E-state index >= 15 is 0 Å². The van der Waals surface area contributed by atoms with E-state index in [4.69, 9.17) is 0 Å². The highest BCUT2D eigenvalue weighted by Gasteiger charge is 2.19. The lowest BCUT2D eigenvalue weighted by Gasteiger charge is -2.35. The van der Waals surface area contributed by atoms with E-state index in [2.05, 4.69) is 49.9 Å². The third-order valence-corrected chi connectivity index (χ3v) is 4.26. The van der Waals surface area contributed by atoms with E-state index in [-0.39, 0.29) is 0 Å². The lowest BCUT2D eigenvalue weighted by Crippen LogP contribution is -2.45. The Morgan fingerprint density at radius 2 is 1.78 bits per heavy atom. The lowest BCUT2D eigenvalue weighted by molar-refractivity contribution is 0.160. The van der Waals surface area contributed by atoms with Crippen LogP contribution in [0, 0.1) is 0 Å². The molecule has 0 saturated carbocycles. The van der Waals surface area contributed by atoms with Crippen molar-refractivity contribution in [3.8, 4) is 0 Å². The molecule has 0 amide bonds. The average Bonchev–Trinajstić information content (AvgIpc) is 2.34. The van der Waals surface area contributed by atoms with E-state index < -0.39 is 0 Å². The van der Waals surface area contributed by atoms with Crippen molar-refractivity contribution < 1.29 is 0 Å². The zero-order valence-electron chi connectivity index (χ0n) is 13.1. The quantitative estimate of drug-likeness (QED) is 0.704. The van der Waals surface area contributed by atoms with Gasteiger partial charge in [-0.15, -0.1) is 0 Å². The van der Waals surface area contributed by atoms with Crippen molar-refractivity contribution in [3.05, 3.63) is 0 Å². The van der Waals surface area contributed by atoms with Gasteiger partial charge in [0.1, 0.15) is 0 Å². The molecule has 0 aromatic carbocycles. The van der Waals surface area contributed by atoms with Crippen molar-refractivity contribution in [2.75, 3.05) is 33.2 Å². The number of hydrogen-bond donors (Lipinski definition) is 1. The van der Waals surface area contributed by atoms with Gasteiger partial charge >= 0.3 is 0 Å². The number of rotatable bonds is 7. The molecule has 0 aliphatic carbocycles. The van der Waals surface area contributed by atoms with Gasteiger partial charge in [0.2, 0.25) is 0 Å². The highest BCUT2D eigenvalue weighted by molar-refractivity contribution is 4.78. The molecule has 1 aliphatic heterocycles. The van der Waals surface area contributed by atoms with Crippen LogP contribution in [-0.4, -0.2) is 61.2 Å². The van der Waals surface area contributed by atoms with Gasteiger partial charge in [-0.05, 0) is 80.2 Å². The van der Waals surface area contributed by atoms with E-state index in [1.807, 2.05) is 0 Å². The normalized spacial score (nSPS) is 19.3. The van der Waals surface area contributed by atoms with Gasteiger partial charge in [0.15, 0.2) is 0 Å². The molecule has 0 radical (unpaired) electrons. The third kappa shape index (κ3) is 5.68. The maximum absolute atomic E-state index is 3.72. The van der Waals surface area contributed by atoms with Crippen molar-refractivity contribution in [1.82, 2.24) is 15.1 Å². The van der Waals surface area contributed by atoms with E-state index in [1.54, 1.807) is 0 Å². The molecule has 0 spiro atoms. The minimum atomic E-state index is 0.666. The molecule has 1 saturated heterocycles. The van der Waals surface area contributed by atoms with E-state index in [0.717, 1.165) is 6.04 Å². The molecule has 108 valence electrons. The summed E-state index contributed by atoms with van der Waals surface area (Å²) in [6, 6.07) is 2.13. The minimum Gasteiger partial charge on any atom is -0.314 e. The number of nitrogens with zero attached hydrogens (tertiary/aromatic N) is 2. The van der Waals surface area contributed by atoms with Crippen molar-refractivity contribution in [3.63, 3.8) is 0 Å². The van der Waals surface area contributed by atoms with Crippen molar-refractivity contribution in [1.29, 1.82) is 0 Å². The van der Waals surface area contributed by atoms with Crippen LogP contribution in [0.15, 0.2) is 0 Å². The molecule has 0 aromatic heterocycles. The van der Waals surface area contributed by atoms with E-state index in [1.165, 1.54) is 45.4 Å². The van der Waals surface area contributed by atoms with E-state index in [9.17, 15) is 0 Å². The second-order valence-corrected chi connectivity index (χ2v) is 6.29. The zero-order chi connectivity index (χ0) is 13.5. The van der Waals surface area contributed by atoms with Gasteiger partial charge in [0.25, 0.3) is 0 Å². The summed E-state index contributed by atoms with van der Waals surface area (Å²) >= 11 is 0. The standard InChI is InChI=1S/C15H33N3/c1-13(2)17(5)10-6-9-16-15-7-11-18(12-8-15)14(3)4/h13-16H,6-12H2,1-5H3. The van der Waals surface area contributed by atoms with Crippen LogP contribution in [0.25, 0.3) is 0 Å². The Balaban J connectivity index is 2.04. The molecule has 1 fully saturated rings. The maximum atomic E-state index is 3.72. The lowest BCUT2D eigenvalue weighted by atomic mass is 10.0. The predicted molar refractivity (Wildman–Crippen MR) is 80.1 cm³/mol. The highest BCUT2D eigenvalue weighted by atomic mass is 15.2. The van der Waals surface area contributed by atoms with Gasteiger partial charge in [-0.3, -0.25) is 0 Å². The second kappa shape index (κ2) is 8.13. The first-order valence-corrected chi connectivity index (χ1v) is 7.68. The summed E-state index contributed by atoms with van der Waals surface area (Å²) < 4.78 is 0. The molecule has 3 nitrogen and oxygen atoms in total. The van der Waals surface area contributed by atoms with E-state index in [0.29, 0.717) is 12.1 Å². The summed E-state index contributed by atoms with van der Waals surface area (Å²) in [6.45, 7) is 14.0. The number of piperidine rings is 1. The topological polar surface area (TPSA) is 18.5 Å². The predicted octanol–water partition coefficient (Wildman–Crippen LogP) is 2.18. The van der Waals surface area contributed by atoms with Crippen LogP contribution in [0.5, 0.6) is 0 Å². The monoisotopic (exact) mass is 255 g/mol. The molecule has 1 heterocycles. The summed E-state index contributed by atoms with van der Waals surface area (Å²) in [6.07, 6.45) is 3.90. The molecule has 1 rings (SSSR count). The molecule has 0 bridgehead atoms. The SMILES string of the molecule is CC(C)N(C)CCCNC1CCN(C(C)C)CC1. The summed E-state index contributed by atoms with van der Waals surface area (Å²) in [5.74, 6) is 0. The highest BCUT2D eigenvalue weighted by Crippen LogP contribution is 2.12. The number of nitrogens with one attached hydrogen (secondary N) is 1. The van der Waals surface area contributed by atoms with Gasteiger partial charge in [0, 0.05) is 18.1 Å². The van der Waals surface area contributed by atoms with Crippen LogP contribution in [0.3, 0.4) is 0 Å². The summed E-state index contributed by atoms with van der Waals surface area (Å²) in [4.78, 5) is 5.01. The Kier molecular flexibility index (Phi) is 7.20. The van der Waals surface area contributed by atoms with Gasteiger partial charge < -0.3 is 15.1 Å². The fourth-order valence-electron chi connectivity index (χ4n) is 2.51. The van der Waals surface area contributed by atoms with Crippen LogP contribution in [0.2, 0.25) is 0 Å². The Bertz CT molecular complexity index is 208. The first kappa shape index (κ1) is 15.9. The molecular formula is C15H33N3. The fraction of sp³-hybridized carbons (Fsp3) is 1.00. The van der Waals surface area contributed by atoms with Crippen LogP contribution in [0.4, 0.5) is 0 Å². The van der Waals surface area contributed by atoms with Gasteiger partial charge in [-0.25, -0.2) is 0 Å². The van der Waals surface area contributed by atoms with Gasteiger partial charge in [-0.2, -0.15) is 0 Å². The Hall–Kier alpha value is -0.120. The Labute approximate surface area is 114 Å². The minimum absolute atomic E-state index is 0.666. The molecule has 3 heteroatoms. The van der Waals surface area contributed by atoms with Gasteiger partial charge in [-0.1, -0.05) is 0 Å². The molecule has 1 aliphatic rings. The molecular weight excluding hydrogens is 222 g/mol. The first-order chi connectivity index (χ1) is 8.50. The summed E-state index contributed by atoms with van der Waals surface area (Å²) in [5, 5.41) is 3.72. The molecule has 0 aromatic rings. The molecule has 0 atom stereocenters. The van der Waals surface area contributed by atoms with Crippen LogP contribution in [-0.2, 0) is 0 Å². The number of hydrogen-bond acceptors (Lipinski definition) is 3. The largest absolute Gasteiger partial charge is 0.314 e. The Morgan fingerprint density at radius 3 is 2.28 bits per heavy atom. The van der Waals surface area contributed by atoms with Crippen LogP contribution >= 0.6 is 0 Å². The molecule has 0 unspecified atom stereocenters. The maximum Gasteiger partial charge on any atom is 0.00914 e. The second-order valence-electron chi connectivity index (χ2n) is 6.29. The third-order valence-electron chi connectivity index (χ3n) is 4.26. The summed E-state index contributed by atoms with van der Waals surface area (Å²) in [7, 11) is 2.21. The number of likely N-dealkylation sites (tertiary alicyclic amines) is 1. The molecule has 18 heavy (non-hydrogen) atoms. The van der Waals surface area contributed by atoms with Crippen LogP contribution < -0.4 is 5.32 Å². The van der Waals surface area contributed by atoms with Crippen molar-refractivity contribution in [2.45, 2.75) is 65.1 Å². The molecule has 1 N–H and O–H groups in total. The Morgan fingerprint density at radius 1 is 1.17 bits per heavy atom. The van der Waals surface area contributed by atoms with Crippen LogP contribution in [0.1, 0.15) is 47.0 Å². The smallest absolute Gasteiger partial charge is 0.00914 e. The fourth-order valence-corrected chi connectivity index (χ4v) is 2.51. The zero-order valence-corrected chi connectivity index (χ0v) is 13.1. The van der Waals surface area contributed by atoms with Crippen molar-refractivity contribution >= 4 is 0 Å². The summed E-state index contributed by atoms with van der Waals surface area (Å²) in [5.41, 5.74) is 0. The van der Waals surface area contributed by atoms with Gasteiger partial charge in [0.05, 0.1) is 0 Å². The first-order valence-electron chi connectivity index (χ1n) is 7.68.